The Labute approximate surface area is 114 Å². The number of hydrogen-bond donors (Lipinski definition) is 3. The van der Waals surface area contributed by atoms with E-state index >= 15 is 0 Å². The molecule has 0 radical (unpaired) electrons. The lowest BCUT2D eigenvalue weighted by molar-refractivity contribution is 0.194. The number of sulfonamides is 1. The Kier molecular flexibility index (Phi) is 5.59. The fourth-order valence-corrected chi connectivity index (χ4v) is 2.62. The van der Waals surface area contributed by atoms with Crippen LogP contribution in [0.3, 0.4) is 0 Å². The highest BCUT2D eigenvalue weighted by Gasteiger charge is 2.15. The topological polar surface area (TPSA) is 107 Å². The van der Waals surface area contributed by atoms with Gasteiger partial charge in [-0.1, -0.05) is 0 Å². The molecule has 0 heterocycles. The van der Waals surface area contributed by atoms with E-state index in [1.165, 1.54) is 6.07 Å². The van der Waals surface area contributed by atoms with Crippen LogP contribution in [0.5, 0.6) is 0 Å². The van der Waals surface area contributed by atoms with Gasteiger partial charge in [0, 0.05) is 31.6 Å². The van der Waals surface area contributed by atoms with Crippen molar-refractivity contribution in [1.29, 1.82) is 0 Å². The molecule has 0 aromatic heterocycles. The van der Waals surface area contributed by atoms with E-state index in [-0.39, 0.29) is 4.90 Å². The molecule has 19 heavy (non-hydrogen) atoms. The third-order valence-corrected chi connectivity index (χ3v) is 3.82. The number of nitrogens with one attached hydrogen (secondary N) is 1. The molecule has 0 aliphatic rings. The van der Waals surface area contributed by atoms with Gasteiger partial charge in [0.15, 0.2) is 0 Å². The fourth-order valence-electron chi connectivity index (χ4n) is 1.78. The quantitative estimate of drug-likeness (QED) is 0.513. The van der Waals surface area contributed by atoms with Gasteiger partial charge in [-0.15, -0.1) is 0 Å². The summed E-state index contributed by atoms with van der Waals surface area (Å²) in [5.74, 6) is 0. The molecule has 0 saturated heterocycles. The summed E-state index contributed by atoms with van der Waals surface area (Å²) in [6.45, 7) is 3.13. The smallest absolute Gasteiger partial charge is 0.238 e. The highest BCUT2D eigenvalue weighted by molar-refractivity contribution is 7.89. The molecule has 1 rings (SSSR count). The van der Waals surface area contributed by atoms with Crippen molar-refractivity contribution in [3.8, 4) is 0 Å². The zero-order chi connectivity index (χ0) is 14.5. The summed E-state index contributed by atoms with van der Waals surface area (Å²) < 4.78 is 27.9. The van der Waals surface area contributed by atoms with E-state index in [1.807, 2.05) is 0 Å². The van der Waals surface area contributed by atoms with Crippen LogP contribution < -0.4 is 16.2 Å². The Morgan fingerprint density at radius 2 is 2.00 bits per heavy atom. The van der Waals surface area contributed by atoms with Crippen LogP contribution in [0.1, 0.15) is 18.4 Å². The molecule has 1 aromatic rings. The maximum atomic E-state index is 11.5. The van der Waals surface area contributed by atoms with E-state index in [4.69, 9.17) is 15.6 Å². The number of benzene rings is 1. The summed E-state index contributed by atoms with van der Waals surface area (Å²) in [4.78, 5) is 0.0619. The molecule has 1 aromatic carbocycles. The number of rotatable bonds is 7. The van der Waals surface area contributed by atoms with Gasteiger partial charge in [-0.2, -0.15) is 0 Å². The Hall–Kier alpha value is -1.31. The first-order chi connectivity index (χ1) is 8.86. The molecule has 0 spiro atoms. The number of methoxy groups -OCH3 is 1. The largest absolute Gasteiger partial charge is 0.399 e. The molecule has 0 aliphatic carbocycles. The summed E-state index contributed by atoms with van der Waals surface area (Å²) in [5, 5.41) is 8.33. The number of primary sulfonamides is 1. The van der Waals surface area contributed by atoms with Crippen molar-refractivity contribution in [3.05, 3.63) is 17.7 Å². The van der Waals surface area contributed by atoms with Gasteiger partial charge in [-0.05, 0) is 37.5 Å². The van der Waals surface area contributed by atoms with E-state index in [2.05, 4.69) is 5.32 Å². The van der Waals surface area contributed by atoms with Crippen LogP contribution in [-0.4, -0.2) is 28.7 Å². The molecule has 0 aliphatic heterocycles. The number of nitrogen functional groups attached to an aromatic ring is 1. The third kappa shape index (κ3) is 4.70. The van der Waals surface area contributed by atoms with Crippen LogP contribution >= 0.6 is 0 Å². The zero-order valence-corrected chi connectivity index (χ0v) is 12.1. The fraction of sp³-hybridized carbons (Fsp3) is 0.500. The van der Waals surface area contributed by atoms with E-state index in [0.29, 0.717) is 23.5 Å². The number of hydrogen-bond acceptors (Lipinski definition) is 5. The Balaban J connectivity index is 2.82. The van der Waals surface area contributed by atoms with E-state index in [9.17, 15) is 8.42 Å². The molecule has 0 atom stereocenters. The monoisotopic (exact) mass is 287 g/mol. The highest BCUT2D eigenvalue weighted by atomic mass is 32.2. The zero-order valence-electron chi connectivity index (χ0n) is 11.3. The first-order valence-electron chi connectivity index (χ1n) is 6.02. The van der Waals surface area contributed by atoms with Crippen molar-refractivity contribution in [2.75, 3.05) is 31.3 Å². The van der Waals surface area contributed by atoms with Crippen LogP contribution in [0.15, 0.2) is 17.0 Å². The second-order valence-corrected chi connectivity index (χ2v) is 5.89. The van der Waals surface area contributed by atoms with E-state index in [1.54, 1.807) is 20.1 Å². The Morgan fingerprint density at radius 3 is 2.58 bits per heavy atom. The molecule has 0 unspecified atom stereocenters. The molecular formula is C12H21N3O3S. The van der Waals surface area contributed by atoms with E-state index < -0.39 is 10.0 Å². The summed E-state index contributed by atoms with van der Waals surface area (Å²) >= 11 is 0. The van der Waals surface area contributed by atoms with E-state index in [0.717, 1.165) is 19.4 Å². The molecule has 0 saturated carbocycles. The highest BCUT2D eigenvalue weighted by Crippen LogP contribution is 2.26. The number of unbranched alkanes of at least 4 members (excludes halogenated alkanes) is 1. The maximum absolute atomic E-state index is 11.5. The second kappa shape index (κ2) is 6.74. The van der Waals surface area contributed by atoms with Crippen molar-refractivity contribution in [2.24, 2.45) is 5.14 Å². The number of ether oxygens (including phenoxy) is 1. The van der Waals surface area contributed by atoms with Crippen molar-refractivity contribution in [3.63, 3.8) is 0 Å². The maximum Gasteiger partial charge on any atom is 0.238 e. The van der Waals surface area contributed by atoms with Crippen LogP contribution in [0.25, 0.3) is 0 Å². The van der Waals surface area contributed by atoms with Gasteiger partial charge in [0.05, 0.1) is 4.90 Å². The minimum absolute atomic E-state index is 0.0619. The summed E-state index contributed by atoms with van der Waals surface area (Å²) in [5.41, 5.74) is 7.35. The Morgan fingerprint density at radius 1 is 1.32 bits per heavy atom. The molecule has 7 heteroatoms. The minimum atomic E-state index is -3.76. The standard InChI is InChI=1S/C12H21N3O3S/c1-9-11(15-5-3-4-6-18-2)7-10(13)8-12(9)19(14,16)17/h7-8,15H,3-6,13H2,1-2H3,(H2,14,16,17). The van der Waals surface area contributed by atoms with Crippen molar-refractivity contribution >= 4 is 21.4 Å². The summed E-state index contributed by atoms with van der Waals surface area (Å²) in [6.07, 6.45) is 1.86. The second-order valence-electron chi connectivity index (χ2n) is 4.36. The van der Waals surface area contributed by atoms with Gasteiger partial charge >= 0.3 is 0 Å². The molecule has 0 amide bonds. The lowest BCUT2D eigenvalue weighted by Gasteiger charge is -2.13. The van der Waals surface area contributed by atoms with Gasteiger partial charge < -0.3 is 15.8 Å². The number of anilines is 2. The molecule has 108 valence electrons. The first kappa shape index (κ1) is 15.7. The van der Waals surface area contributed by atoms with Gasteiger partial charge in [0.2, 0.25) is 10.0 Å². The minimum Gasteiger partial charge on any atom is -0.399 e. The lowest BCUT2D eigenvalue weighted by atomic mass is 10.1. The predicted octanol–water partition coefficient (Wildman–Crippen LogP) is 1.06. The molecular weight excluding hydrogens is 266 g/mol. The van der Waals surface area contributed by atoms with Gasteiger partial charge in [-0.3, -0.25) is 0 Å². The van der Waals surface area contributed by atoms with Crippen LogP contribution in [0, 0.1) is 6.92 Å². The number of nitrogens with two attached hydrogens (primary N) is 2. The molecule has 6 nitrogen and oxygen atoms in total. The summed E-state index contributed by atoms with van der Waals surface area (Å²) in [7, 11) is -2.10. The average molecular weight is 287 g/mol. The lowest BCUT2D eigenvalue weighted by Crippen LogP contribution is -2.15. The predicted molar refractivity (Wildman–Crippen MR) is 76.6 cm³/mol. The molecule has 0 fully saturated rings. The Bertz CT molecular complexity index is 529. The molecule has 5 N–H and O–H groups in total. The van der Waals surface area contributed by atoms with Gasteiger partial charge in [-0.25, -0.2) is 13.6 Å². The van der Waals surface area contributed by atoms with Crippen molar-refractivity contribution in [2.45, 2.75) is 24.7 Å². The van der Waals surface area contributed by atoms with Crippen LogP contribution in [0.4, 0.5) is 11.4 Å². The third-order valence-electron chi connectivity index (χ3n) is 2.78. The van der Waals surface area contributed by atoms with Crippen molar-refractivity contribution in [1.82, 2.24) is 0 Å². The normalized spacial score (nSPS) is 11.5. The SMILES string of the molecule is COCCCCNc1cc(N)cc(S(N)(=O)=O)c1C. The summed E-state index contributed by atoms with van der Waals surface area (Å²) in [6, 6.07) is 3.08. The van der Waals surface area contributed by atoms with Crippen LogP contribution in [0.2, 0.25) is 0 Å². The first-order valence-corrected chi connectivity index (χ1v) is 7.56. The van der Waals surface area contributed by atoms with Crippen molar-refractivity contribution < 1.29 is 13.2 Å². The van der Waals surface area contributed by atoms with Gasteiger partial charge in [0.1, 0.15) is 0 Å². The van der Waals surface area contributed by atoms with Crippen LogP contribution in [-0.2, 0) is 14.8 Å². The van der Waals surface area contributed by atoms with Gasteiger partial charge in [0.25, 0.3) is 0 Å². The average Bonchev–Trinajstić information content (AvgIpc) is 2.31. The molecule has 0 bridgehead atoms.